The Balaban J connectivity index is 3.38. The molecular formula is C9H19NO3. The van der Waals surface area contributed by atoms with Gasteiger partial charge in [0.05, 0.1) is 19.8 Å². The molecule has 0 aromatic carbocycles. The van der Waals surface area contributed by atoms with Crippen molar-refractivity contribution >= 4 is 5.91 Å². The summed E-state index contributed by atoms with van der Waals surface area (Å²) < 4.78 is 4.98. The lowest BCUT2D eigenvalue weighted by molar-refractivity contribution is -0.128. The third-order valence-corrected chi connectivity index (χ3v) is 1.45. The molecule has 0 saturated heterocycles. The Morgan fingerprint density at radius 1 is 1.38 bits per heavy atom. The second-order valence-corrected chi connectivity index (χ2v) is 3.84. The summed E-state index contributed by atoms with van der Waals surface area (Å²) in [7, 11) is 0. The SMILES string of the molecule is CC(C)(C)C(=O)NCCOCCO. The van der Waals surface area contributed by atoms with Crippen molar-refractivity contribution in [3.63, 3.8) is 0 Å². The monoisotopic (exact) mass is 189 g/mol. The summed E-state index contributed by atoms with van der Waals surface area (Å²) in [5.41, 5.74) is -0.350. The fraction of sp³-hybridized carbons (Fsp3) is 0.889. The van der Waals surface area contributed by atoms with E-state index in [2.05, 4.69) is 5.32 Å². The largest absolute Gasteiger partial charge is 0.394 e. The number of nitrogens with one attached hydrogen (secondary N) is 1. The van der Waals surface area contributed by atoms with Gasteiger partial charge in [-0.3, -0.25) is 4.79 Å². The van der Waals surface area contributed by atoms with Crippen molar-refractivity contribution in [2.75, 3.05) is 26.4 Å². The summed E-state index contributed by atoms with van der Waals surface area (Å²) in [6.45, 7) is 6.86. The van der Waals surface area contributed by atoms with Gasteiger partial charge in [0.2, 0.25) is 5.91 Å². The van der Waals surface area contributed by atoms with Gasteiger partial charge in [0.15, 0.2) is 0 Å². The smallest absolute Gasteiger partial charge is 0.225 e. The first-order valence-electron chi connectivity index (χ1n) is 4.45. The normalized spacial score (nSPS) is 11.4. The molecule has 0 aromatic heterocycles. The van der Waals surface area contributed by atoms with E-state index in [1.54, 1.807) is 0 Å². The molecule has 0 rings (SSSR count). The molecule has 13 heavy (non-hydrogen) atoms. The van der Waals surface area contributed by atoms with Crippen molar-refractivity contribution in [2.24, 2.45) is 5.41 Å². The number of carbonyl (C=O) groups excluding carboxylic acids is 1. The van der Waals surface area contributed by atoms with Gasteiger partial charge < -0.3 is 15.2 Å². The predicted octanol–water partition coefficient (Wildman–Crippen LogP) is 0.158. The third kappa shape index (κ3) is 6.54. The fourth-order valence-electron chi connectivity index (χ4n) is 0.669. The van der Waals surface area contributed by atoms with Crippen LogP contribution in [0, 0.1) is 5.41 Å². The minimum Gasteiger partial charge on any atom is -0.394 e. The molecule has 0 heterocycles. The maximum atomic E-state index is 11.3. The van der Waals surface area contributed by atoms with Crippen LogP contribution in [0.5, 0.6) is 0 Å². The molecule has 0 spiro atoms. The van der Waals surface area contributed by atoms with Crippen LogP contribution in [0.1, 0.15) is 20.8 Å². The summed E-state index contributed by atoms with van der Waals surface area (Å²) in [5, 5.41) is 11.1. The van der Waals surface area contributed by atoms with E-state index in [0.29, 0.717) is 19.8 Å². The number of aliphatic hydroxyl groups is 1. The van der Waals surface area contributed by atoms with Gasteiger partial charge in [0.25, 0.3) is 0 Å². The summed E-state index contributed by atoms with van der Waals surface area (Å²) in [5.74, 6) is 0.0140. The van der Waals surface area contributed by atoms with Crippen LogP contribution in [0.4, 0.5) is 0 Å². The van der Waals surface area contributed by atoms with Crippen LogP contribution in [0.3, 0.4) is 0 Å². The average molecular weight is 189 g/mol. The molecule has 0 aliphatic rings. The van der Waals surface area contributed by atoms with Crippen LogP contribution >= 0.6 is 0 Å². The van der Waals surface area contributed by atoms with E-state index in [1.165, 1.54) is 0 Å². The minimum absolute atomic E-state index is 0.0140. The van der Waals surface area contributed by atoms with E-state index < -0.39 is 0 Å². The van der Waals surface area contributed by atoms with E-state index in [9.17, 15) is 4.79 Å². The Bertz CT molecular complexity index is 151. The number of carbonyl (C=O) groups is 1. The number of hydrogen-bond acceptors (Lipinski definition) is 3. The van der Waals surface area contributed by atoms with Crippen molar-refractivity contribution in [1.82, 2.24) is 5.32 Å². The number of amides is 1. The molecule has 1 amide bonds. The third-order valence-electron chi connectivity index (χ3n) is 1.45. The van der Waals surface area contributed by atoms with Crippen molar-refractivity contribution in [2.45, 2.75) is 20.8 Å². The van der Waals surface area contributed by atoms with Crippen molar-refractivity contribution in [3.05, 3.63) is 0 Å². The highest BCUT2D eigenvalue weighted by molar-refractivity contribution is 5.81. The zero-order valence-corrected chi connectivity index (χ0v) is 8.59. The van der Waals surface area contributed by atoms with Crippen LogP contribution < -0.4 is 5.32 Å². The Morgan fingerprint density at radius 2 is 2.00 bits per heavy atom. The van der Waals surface area contributed by atoms with E-state index in [1.807, 2.05) is 20.8 Å². The quantitative estimate of drug-likeness (QED) is 0.606. The summed E-state index contributed by atoms with van der Waals surface area (Å²) in [4.78, 5) is 11.3. The number of hydrogen-bond donors (Lipinski definition) is 2. The van der Waals surface area contributed by atoms with Crippen LogP contribution in [0.15, 0.2) is 0 Å². The molecule has 0 aliphatic heterocycles. The highest BCUT2D eigenvalue weighted by atomic mass is 16.5. The maximum absolute atomic E-state index is 11.3. The van der Waals surface area contributed by atoms with Gasteiger partial charge in [-0.15, -0.1) is 0 Å². The number of ether oxygens (including phenoxy) is 1. The lowest BCUT2D eigenvalue weighted by Gasteiger charge is -2.17. The summed E-state index contributed by atoms with van der Waals surface area (Å²) in [6.07, 6.45) is 0. The lowest BCUT2D eigenvalue weighted by Crippen LogP contribution is -2.36. The molecule has 0 atom stereocenters. The average Bonchev–Trinajstić information content (AvgIpc) is 2.02. The predicted molar refractivity (Wildman–Crippen MR) is 50.4 cm³/mol. The molecule has 4 heteroatoms. The molecule has 0 saturated carbocycles. The Kier molecular flexibility index (Phi) is 5.66. The molecule has 2 N–H and O–H groups in total. The van der Waals surface area contributed by atoms with Gasteiger partial charge in [-0.1, -0.05) is 20.8 Å². The van der Waals surface area contributed by atoms with Crippen molar-refractivity contribution in [3.8, 4) is 0 Å². The molecule has 0 fully saturated rings. The van der Waals surface area contributed by atoms with Crippen LogP contribution in [0.2, 0.25) is 0 Å². The Labute approximate surface area is 79.3 Å². The fourth-order valence-corrected chi connectivity index (χ4v) is 0.669. The standard InChI is InChI=1S/C9H19NO3/c1-9(2,3)8(12)10-4-6-13-7-5-11/h11H,4-7H2,1-3H3,(H,10,12). The molecule has 0 aromatic rings. The van der Waals surface area contributed by atoms with Gasteiger partial charge in [-0.05, 0) is 0 Å². The second kappa shape index (κ2) is 5.94. The van der Waals surface area contributed by atoms with Crippen LogP contribution in [-0.2, 0) is 9.53 Å². The van der Waals surface area contributed by atoms with E-state index >= 15 is 0 Å². The van der Waals surface area contributed by atoms with E-state index in [0.717, 1.165) is 0 Å². The molecule has 78 valence electrons. The second-order valence-electron chi connectivity index (χ2n) is 3.84. The van der Waals surface area contributed by atoms with Gasteiger partial charge in [0.1, 0.15) is 0 Å². The molecule has 4 nitrogen and oxygen atoms in total. The first-order valence-corrected chi connectivity index (χ1v) is 4.45. The summed E-state index contributed by atoms with van der Waals surface area (Å²) >= 11 is 0. The van der Waals surface area contributed by atoms with Crippen LogP contribution in [0.25, 0.3) is 0 Å². The van der Waals surface area contributed by atoms with Gasteiger partial charge >= 0.3 is 0 Å². The summed E-state index contributed by atoms with van der Waals surface area (Å²) in [6, 6.07) is 0. The Morgan fingerprint density at radius 3 is 2.46 bits per heavy atom. The van der Waals surface area contributed by atoms with Crippen molar-refractivity contribution < 1.29 is 14.6 Å². The van der Waals surface area contributed by atoms with Crippen molar-refractivity contribution in [1.29, 1.82) is 0 Å². The molecule has 0 aliphatic carbocycles. The van der Waals surface area contributed by atoms with E-state index in [4.69, 9.17) is 9.84 Å². The number of rotatable bonds is 5. The first kappa shape index (κ1) is 12.4. The zero-order valence-electron chi connectivity index (χ0n) is 8.59. The zero-order chi connectivity index (χ0) is 10.3. The minimum atomic E-state index is -0.350. The Hall–Kier alpha value is -0.610. The van der Waals surface area contributed by atoms with E-state index in [-0.39, 0.29) is 17.9 Å². The first-order chi connectivity index (χ1) is 5.98. The highest BCUT2D eigenvalue weighted by Gasteiger charge is 2.19. The van der Waals surface area contributed by atoms with Crippen LogP contribution in [-0.4, -0.2) is 37.4 Å². The van der Waals surface area contributed by atoms with Gasteiger partial charge in [0, 0.05) is 12.0 Å². The molecule has 0 bridgehead atoms. The molecule has 0 unspecified atom stereocenters. The highest BCUT2D eigenvalue weighted by Crippen LogP contribution is 2.11. The number of aliphatic hydroxyl groups excluding tert-OH is 1. The lowest BCUT2D eigenvalue weighted by atomic mass is 9.96. The molecular weight excluding hydrogens is 170 g/mol. The maximum Gasteiger partial charge on any atom is 0.225 e. The van der Waals surface area contributed by atoms with Gasteiger partial charge in [-0.2, -0.15) is 0 Å². The molecule has 0 radical (unpaired) electrons. The topological polar surface area (TPSA) is 58.6 Å². The van der Waals surface area contributed by atoms with Gasteiger partial charge in [-0.25, -0.2) is 0 Å².